The van der Waals surface area contributed by atoms with Crippen LogP contribution in [-0.4, -0.2) is 55.6 Å². The van der Waals surface area contributed by atoms with Crippen LogP contribution in [0.1, 0.15) is 23.5 Å². The van der Waals surface area contributed by atoms with Crippen LogP contribution in [0.5, 0.6) is 5.75 Å². The van der Waals surface area contributed by atoms with Crippen molar-refractivity contribution in [2.75, 3.05) is 33.4 Å². The van der Waals surface area contributed by atoms with Crippen LogP contribution in [0, 0.1) is 5.82 Å². The molecule has 0 spiro atoms. The third-order valence-electron chi connectivity index (χ3n) is 6.02. The SMILES string of the molecule is COCCOc1cc(COC2CN(C(=O)O)CCC2c2ccc(F)cc2)cc2ccccc12. The molecular weight excluding hydrogens is 425 g/mol. The summed E-state index contributed by atoms with van der Waals surface area (Å²) in [5.41, 5.74) is 1.89. The number of halogens is 1. The van der Waals surface area contributed by atoms with Crippen LogP contribution < -0.4 is 4.74 Å². The maximum absolute atomic E-state index is 13.4. The lowest BCUT2D eigenvalue weighted by molar-refractivity contribution is -0.0199. The van der Waals surface area contributed by atoms with E-state index in [1.807, 2.05) is 30.3 Å². The first-order chi connectivity index (χ1) is 16.0. The second-order valence-corrected chi connectivity index (χ2v) is 8.18. The zero-order chi connectivity index (χ0) is 23.2. The number of hydrogen-bond donors (Lipinski definition) is 1. The summed E-state index contributed by atoms with van der Waals surface area (Å²) in [4.78, 5) is 13.0. The number of ether oxygens (including phenoxy) is 3. The normalized spacial score (nSPS) is 18.4. The molecule has 0 aromatic heterocycles. The molecule has 2 atom stereocenters. The first kappa shape index (κ1) is 23.0. The number of rotatable bonds is 8. The maximum atomic E-state index is 13.4. The van der Waals surface area contributed by atoms with Gasteiger partial charge < -0.3 is 24.2 Å². The van der Waals surface area contributed by atoms with Gasteiger partial charge in [-0.25, -0.2) is 9.18 Å². The number of carboxylic acid groups (broad SMARTS) is 1. The number of carbonyl (C=O) groups is 1. The van der Waals surface area contributed by atoms with E-state index in [0.717, 1.165) is 27.6 Å². The molecule has 0 saturated carbocycles. The molecule has 1 aliphatic heterocycles. The van der Waals surface area contributed by atoms with Crippen molar-refractivity contribution in [3.05, 3.63) is 77.6 Å². The molecule has 0 aliphatic carbocycles. The monoisotopic (exact) mass is 453 g/mol. The summed E-state index contributed by atoms with van der Waals surface area (Å²) in [5.74, 6) is 0.449. The van der Waals surface area contributed by atoms with E-state index in [1.165, 1.54) is 17.0 Å². The van der Waals surface area contributed by atoms with Gasteiger partial charge in [0.25, 0.3) is 0 Å². The summed E-state index contributed by atoms with van der Waals surface area (Å²) in [6.45, 7) is 1.92. The Labute approximate surface area is 192 Å². The predicted octanol–water partition coefficient (Wildman–Crippen LogP) is 5.06. The van der Waals surface area contributed by atoms with Gasteiger partial charge in [0.2, 0.25) is 0 Å². The lowest BCUT2D eigenvalue weighted by atomic mass is 9.87. The Morgan fingerprint density at radius 1 is 1.12 bits per heavy atom. The highest BCUT2D eigenvalue weighted by Gasteiger charge is 2.33. The molecule has 0 radical (unpaired) electrons. The molecule has 6 nitrogen and oxygen atoms in total. The number of likely N-dealkylation sites (tertiary alicyclic amines) is 1. The molecule has 1 heterocycles. The van der Waals surface area contributed by atoms with Gasteiger partial charge in [-0.1, -0.05) is 36.4 Å². The highest BCUT2D eigenvalue weighted by Crippen LogP contribution is 2.33. The fourth-order valence-electron chi connectivity index (χ4n) is 4.33. The van der Waals surface area contributed by atoms with E-state index in [9.17, 15) is 14.3 Å². The van der Waals surface area contributed by atoms with E-state index in [-0.39, 0.29) is 24.4 Å². The molecule has 3 aromatic rings. The summed E-state index contributed by atoms with van der Waals surface area (Å²) in [5, 5.41) is 11.5. The van der Waals surface area contributed by atoms with Crippen LogP contribution in [0.4, 0.5) is 9.18 Å². The Kier molecular flexibility index (Phi) is 7.42. The average Bonchev–Trinajstić information content (AvgIpc) is 2.83. The highest BCUT2D eigenvalue weighted by molar-refractivity contribution is 5.89. The van der Waals surface area contributed by atoms with Crippen molar-refractivity contribution in [2.24, 2.45) is 0 Å². The quantitative estimate of drug-likeness (QED) is 0.483. The van der Waals surface area contributed by atoms with Gasteiger partial charge in [-0.15, -0.1) is 0 Å². The minimum absolute atomic E-state index is 0.0147. The van der Waals surface area contributed by atoms with Crippen molar-refractivity contribution in [1.29, 1.82) is 0 Å². The van der Waals surface area contributed by atoms with Gasteiger partial charge in [0.1, 0.15) is 18.2 Å². The molecule has 4 rings (SSSR count). The molecule has 1 amide bonds. The average molecular weight is 454 g/mol. The van der Waals surface area contributed by atoms with Crippen LogP contribution in [0.15, 0.2) is 60.7 Å². The van der Waals surface area contributed by atoms with E-state index in [1.54, 1.807) is 19.2 Å². The number of nitrogens with zero attached hydrogens (tertiary/aromatic N) is 1. The molecule has 3 aromatic carbocycles. The number of benzene rings is 3. The third-order valence-corrected chi connectivity index (χ3v) is 6.02. The molecule has 174 valence electrons. The van der Waals surface area contributed by atoms with Gasteiger partial charge in [0.05, 0.1) is 25.9 Å². The van der Waals surface area contributed by atoms with Crippen molar-refractivity contribution in [3.8, 4) is 5.75 Å². The summed E-state index contributed by atoms with van der Waals surface area (Å²) in [6, 6.07) is 18.4. The summed E-state index contributed by atoms with van der Waals surface area (Å²) < 4.78 is 30.8. The lowest BCUT2D eigenvalue weighted by Gasteiger charge is -2.37. The van der Waals surface area contributed by atoms with E-state index in [0.29, 0.717) is 32.8 Å². The fourth-order valence-corrected chi connectivity index (χ4v) is 4.33. The number of fused-ring (bicyclic) bond motifs is 1. The maximum Gasteiger partial charge on any atom is 0.407 e. The molecule has 2 unspecified atom stereocenters. The van der Waals surface area contributed by atoms with Crippen molar-refractivity contribution >= 4 is 16.9 Å². The van der Waals surface area contributed by atoms with Crippen LogP contribution in [0.25, 0.3) is 10.8 Å². The van der Waals surface area contributed by atoms with E-state index in [4.69, 9.17) is 14.2 Å². The summed E-state index contributed by atoms with van der Waals surface area (Å²) in [6.07, 6.45) is -0.684. The van der Waals surface area contributed by atoms with Crippen molar-refractivity contribution in [1.82, 2.24) is 4.90 Å². The van der Waals surface area contributed by atoms with Crippen molar-refractivity contribution in [3.63, 3.8) is 0 Å². The van der Waals surface area contributed by atoms with Crippen molar-refractivity contribution in [2.45, 2.75) is 25.0 Å². The van der Waals surface area contributed by atoms with Gasteiger partial charge in [-0.3, -0.25) is 0 Å². The number of piperidine rings is 1. The van der Waals surface area contributed by atoms with Gasteiger partial charge in [-0.05, 0) is 47.2 Å². The Morgan fingerprint density at radius 3 is 2.67 bits per heavy atom. The first-order valence-corrected chi connectivity index (χ1v) is 11.0. The molecular formula is C26H28FNO5. The Bertz CT molecular complexity index is 1090. The van der Waals surface area contributed by atoms with Gasteiger partial charge in [0, 0.05) is 25.0 Å². The minimum atomic E-state index is -0.958. The smallest absolute Gasteiger partial charge is 0.407 e. The molecule has 1 fully saturated rings. The second kappa shape index (κ2) is 10.6. The second-order valence-electron chi connectivity index (χ2n) is 8.18. The highest BCUT2D eigenvalue weighted by atomic mass is 19.1. The lowest BCUT2D eigenvalue weighted by Crippen LogP contribution is -2.46. The Hall–Kier alpha value is -3.16. The third kappa shape index (κ3) is 5.61. The van der Waals surface area contributed by atoms with Gasteiger partial charge in [-0.2, -0.15) is 0 Å². The minimum Gasteiger partial charge on any atom is -0.491 e. The summed E-state index contributed by atoms with van der Waals surface area (Å²) in [7, 11) is 1.63. The van der Waals surface area contributed by atoms with Crippen LogP contribution in [0.3, 0.4) is 0 Å². The summed E-state index contributed by atoms with van der Waals surface area (Å²) >= 11 is 0. The fraction of sp³-hybridized carbons (Fsp3) is 0.346. The van der Waals surface area contributed by atoms with Crippen LogP contribution in [-0.2, 0) is 16.1 Å². The Balaban J connectivity index is 1.55. The molecule has 1 aliphatic rings. The molecule has 1 N–H and O–H groups in total. The molecule has 1 saturated heterocycles. The molecule has 0 bridgehead atoms. The topological polar surface area (TPSA) is 68.2 Å². The number of hydrogen-bond acceptors (Lipinski definition) is 4. The first-order valence-electron chi connectivity index (χ1n) is 11.0. The van der Waals surface area contributed by atoms with Gasteiger partial charge >= 0.3 is 6.09 Å². The zero-order valence-electron chi connectivity index (χ0n) is 18.6. The van der Waals surface area contributed by atoms with Gasteiger partial charge in [0.15, 0.2) is 0 Å². The number of amides is 1. The van der Waals surface area contributed by atoms with E-state index >= 15 is 0 Å². The van der Waals surface area contributed by atoms with Crippen LogP contribution in [0.2, 0.25) is 0 Å². The Morgan fingerprint density at radius 2 is 1.91 bits per heavy atom. The van der Waals surface area contributed by atoms with E-state index in [2.05, 4.69) is 6.07 Å². The van der Waals surface area contributed by atoms with Crippen LogP contribution >= 0.6 is 0 Å². The standard InChI is InChI=1S/C26H28FNO5/c1-31-12-13-32-24-15-18(14-20-4-2-3-5-22(20)24)17-33-25-16-28(26(29)30)11-10-23(25)19-6-8-21(27)9-7-19/h2-9,14-15,23,25H,10-13,16-17H2,1H3,(H,29,30). The molecule has 33 heavy (non-hydrogen) atoms. The molecule has 7 heteroatoms. The largest absolute Gasteiger partial charge is 0.491 e. The predicted molar refractivity (Wildman–Crippen MR) is 123 cm³/mol. The van der Waals surface area contributed by atoms with Crippen molar-refractivity contribution < 1.29 is 28.5 Å². The number of methoxy groups -OCH3 is 1. The van der Waals surface area contributed by atoms with E-state index < -0.39 is 6.09 Å². The zero-order valence-corrected chi connectivity index (χ0v) is 18.6.